The fourth-order valence-electron chi connectivity index (χ4n) is 2.15. The molecular formula is C17H17IN2O6. The second kappa shape index (κ2) is 9.34. The first-order valence-electron chi connectivity index (χ1n) is 7.51. The van der Waals surface area contributed by atoms with E-state index in [1.165, 1.54) is 26.4 Å². The number of ether oxygens (including phenoxy) is 3. The maximum absolute atomic E-state index is 12.6. The van der Waals surface area contributed by atoms with Gasteiger partial charge in [-0.2, -0.15) is 0 Å². The van der Waals surface area contributed by atoms with Gasteiger partial charge in [0.1, 0.15) is 12.2 Å². The van der Waals surface area contributed by atoms with Gasteiger partial charge < -0.3 is 19.5 Å². The number of amides is 1. The van der Waals surface area contributed by atoms with E-state index in [0.29, 0.717) is 12.3 Å². The number of nitrogens with zero attached hydrogens (tertiary/aromatic N) is 1. The van der Waals surface area contributed by atoms with Crippen molar-refractivity contribution < 1.29 is 23.9 Å². The smallest absolute Gasteiger partial charge is 0.286 e. The van der Waals surface area contributed by atoms with E-state index in [-0.39, 0.29) is 29.4 Å². The van der Waals surface area contributed by atoms with Gasteiger partial charge in [-0.05, 0) is 40.8 Å². The number of nitro groups is 1. The Labute approximate surface area is 163 Å². The lowest BCUT2D eigenvalue weighted by atomic mass is 10.1. The average Bonchev–Trinajstić information content (AvgIpc) is 2.61. The molecule has 8 nitrogen and oxygen atoms in total. The van der Waals surface area contributed by atoms with E-state index in [0.717, 1.165) is 3.57 Å². The quantitative estimate of drug-likeness (QED) is 0.273. The first kappa shape index (κ1) is 19.9. The Hall–Kier alpha value is -2.40. The van der Waals surface area contributed by atoms with Gasteiger partial charge >= 0.3 is 0 Å². The summed E-state index contributed by atoms with van der Waals surface area (Å²) in [6.45, 7) is 0.504. The third-order valence-corrected chi connectivity index (χ3v) is 4.02. The van der Waals surface area contributed by atoms with E-state index >= 15 is 0 Å². The van der Waals surface area contributed by atoms with Crippen molar-refractivity contribution in [3.63, 3.8) is 0 Å². The molecular weight excluding hydrogens is 455 g/mol. The van der Waals surface area contributed by atoms with Crippen LogP contribution in [0.15, 0.2) is 36.4 Å². The number of nitrogens with one attached hydrogen (secondary N) is 1. The van der Waals surface area contributed by atoms with Crippen LogP contribution < -0.4 is 14.8 Å². The van der Waals surface area contributed by atoms with Crippen molar-refractivity contribution in [3.05, 3.63) is 55.6 Å². The van der Waals surface area contributed by atoms with Crippen molar-refractivity contribution >= 4 is 39.9 Å². The maximum atomic E-state index is 12.6. The van der Waals surface area contributed by atoms with E-state index in [1.54, 1.807) is 18.2 Å². The summed E-state index contributed by atoms with van der Waals surface area (Å²) in [6, 6.07) is 9.57. The van der Waals surface area contributed by atoms with Gasteiger partial charge in [0.2, 0.25) is 0 Å². The number of methoxy groups -OCH3 is 2. The molecule has 138 valence electrons. The molecule has 26 heavy (non-hydrogen) atoms. The Balaban J connectivity index is 2.36. The molecule has 2 aromatic carbocycles. The van der Waals surface area contributed by atoms with Gasteiger partial charge in [0, 0.05) is 22.4 Å². The summed E-state index contributed by atoms with van der Waals surface area (Å²) < 4.78 is 16.5. The summed E-state index contributed by atoms with van der Waals surface area (Å²) in [5, 5.41) is 14.1. The molecule has 2 aromatic rings. The summed E-state index contributed by atoms with van der Waals surface area (Å²) in [5.74, 6) is -0.220. The molecule has 9 heteroatoms. The zero-order chi connectivity index (χ0) is 19.1. The van der Waals surface area contributed by atoms with Gasteiger partial charge in [-0.15, -0.1) is 0 Å². The molecule has 1 amide bonds. The van der Waals surface area contributed by atoms with Crippen molar-refractivity contribution in [2.75, 3.05) is 32.8 Å². The van der Waals surface area contributed by atoms with Crippen LogP contribution in [0.25, 0.3) is 0 Å². The van der Waals surface area contributed by atoms with Gasteiger partial charge in [-0.3, -0.25) is 14.9 Å². The third-order valence-electron chi connectivity index (χ3n) is 3.35. The van der Waals surface area contributed by atoms with E-state index in [9.17, 15) is 14.9 Å². The van der Waals surface area contributed by atoms with Crippen molar-refractivity contribution in [2.24, 2.45) is 0 Å². The Morgan fingerprint density at radius 2 is 1.96 bits per heavy atom. The van der Waals surface area contributed by atoms with Crippen LogP contribution in [0, 0.1) is 13.7 Å². The Morgan fingerprint density at radius 1 is 1.19 bits per heavy atom. The van der Waals surface area contributed by atoms with Crippen molar-refractivity contribution in [1.29, 1.82) is 0 Å². The first-order chi connectivity index (χ1) is 12.5. The summed E-state index contributed by atoms with van der Waals surface area (Å²) in [5.41, 5.74) is 0.0433. The predicted molar refractivity (Wildman–Crippen MR) is 104 cm³/mol. The minimum Gasteiger partial charge on any atom is -0.493 e. The van der Waals surface area contributed by atoms with Gasteiger partial charge in [0.25, 0.3) is 11.6 Å². The molecule has 0 heterocycles. The summed E-state index contributed by atoms with van der Waals surface area (Å²) in [4.78, 5) is 23.3. The highest BCUT2D eigenvalue weighted by atomic mass is 127. The molecule has 0 spiro atoms. The van der Waals surface area contributed by atoms with Gasteiger partial charge in [-0.25, -0.2) is 0 Å². The Bertz CT molecular complexity index is 812. The number of rotatable bonds is 8. The molecule has 0 radical (unpaired) electrons. The van der Waals surface area contributed by atoms with Crippen LogP contribution in [0.2, 0.25) is 0 Å². The lowest BCUT2D eigenvalue weighted by Gasteiger charge is -2.13. The lowest BCUT2D eigenvalue weighted by Crippen LogP contribution is -2.15. The number of benzene rings is 2. The van der Waals surface area contributed by atoms with Crippen LogP contribution in [0.3, 0.4) is 0 Å². The van der Waals surface area contributed by atoms with Crippen LogP contribution in [-0.4, -0.2) is 38.3 Å². The van der Waals surface area contributed by atoms with E-state index in [2.05, 4.69) is 27.9 Å². The van der Waals surface area contributed by atoms with Gasteiger partial charge in [0.15, 0.2) is 11.5 Å². The van der Waals surface area contributed by atoms with Gasteiger partial charge in [-0.1, -0.05) is 6.07 Å². The Morgan fingerprint density at radius 3 is 2.58 bits per heavy atom. The van der Waals surface area contributed by atoms with Crippen molar-refractivity contribution in [1.82, 2.24) is 0 Å². The van der Waals surface area contributed by atoms with E-state index in [1.807, 2.05) is 6.07 Å². The fraction of sp³-hybridized carbons (Fsp3) is 0.235. The van der Waals surface area contributed by atoms with Gasteiger partial charge in [0.05, 0.1) is 24.7 Å². The number of hydrogen-bond acceptors (Lipinski definition) is 6. The number of nitro benzene ring substituents is 1. The number of hydrogen-bond donors (Lipinski definition) is 1. The van der Waals surface area contributed by atoms with Crippen LogP contribution in [-0.2, 0) is 4.74 Å². The third kappa shape index (κ3) is 5.05. The number of halogens is 1. The normalized spacial score (nSPS) is 10.3. The van der Waals surface area contributed by atoms with E-state index < -0.39 is 10.8 Å². The second-order valence-electron chi connectivity index (χ2n) is 5.08. The molecule has 2 rings (SSSR count). The molecule has 0 unspecified atom stereocenters. The van der Waals surface area contributed by atoms with Crippen LogP contribution in [0.5, 0.6) is 11.5 Å². The highest BCUT2D eigenvalue weighted by molar-refractivity contribution is 14.1. The topological polar surface area (TPSA) is 99.9 Å². The van der Waals surface area contributed by atoms with Crippen LogP contribution in [0.1, 0.15) is 10.4 Å². The molecule has 1 N–H and O–H groups in total. The summed E-state index contributed by atoms with van der Waals surface area (Å²) in [7, 11) is 2.91. The summed E-state index contributed by atoms with van der Waals surface area (Å²) >= 11 is 2.11. The molecule has 0 aromatic heterocycles. The van der Waals surface area contributed by atoms with Crippen molar-refractivity contribution in [3.8, 4) is 11.5 Å². The van der Waals surface area contributed by atoms with E-state index in [4.69, 9.17) is 14.2 Å². The number of carbonyl (C=O) groups excluding carboxylic acids is 1. The SMILES string of the molecule is COCCOc1cc([N+](=O)[O-])c(C(=O)Nc2cccc(I)c2)cc1OC. The average molecular weight is 472 g/mol. The molecule has 0 saturated heterocycles. The zero-order valence-corrected chi connectivity index (χ0v) is 16.3. The monoisotopic (exact) mass is 472 g/mol. The fourth-order valence-corrected chi connectivity index (χ4v) is 2.70. The lowest BCUT2D eigenvalue weighted by molar-refractivity contribution is -0.385. The molecule has 0 aliphatic heterocycles. The molecule has 0 aliphatic carbocycles. The maximum Gasteiger partial charge on any atom is 0.286 e. The largest absolute Gasteiger partial charge is 0.493 e. The number of carbonyl (C=O) groups is 1. The highest BCUT2D eigenvalue weighted by Crippen LogP contribution is 2.35. The predicted octanol–water partition coefficient (Wildman–Crippen LogP) is 3.49. The molecule has 0 saturated carbocycles. The second-order valence-corrected chi connectivity index (χ2v) is 6.33. The first-order valence-corrected chi connectivity index (χ1v) is 8.59. The molecule has 0 fully saturated rings. The highest BCUT2D eigenvalue weighted by Gasteiger charge is 2.25. The van der Waals surface area contributed by atoms with Crippen LogP contribution >= 0.6 is 22.6 Å². The zero-order valence-electron chi connectivity index (χ0n) is 14.2. The molecule has 0 atom stereocenters. The van der Waals surface area contributed by atoms with Crippen LogP contribution in [0.4, 0.5) is 11.4 Å². The minimum absolute atomic E-state index is 0.121. The van der Waals surface area contributed by atoms with Crippen molar-refractivity contribution in [2.45, 2.75) is 0 Å². The minimum atomic E-state index is -0.633. The Kier molecular flexibility index (Phi) is 7.16. The molecule has 0 bridgehead atoms. The molecule has 0 aliphatic rings. The summed E-state index contributed by atoms with van der Waals surface area (Å²) in [6.07, 6.45) is 0. The number of anilines is 1. The standard InChI is InChI=1S/C17H17IN2O6/c1-24-6-7-26-16-10-14(20(22)23)13(9-15(16)25-2)17(21)19-12-5-3-4-11(18)8-12/h3-5,8-10H,6-7H2,1-2H3,(H,19,21).